The van der Waals surface area contributed by atoms with E-state index in [0.717, 1.165) is 42.9 Å². The number of amides is 1. The molecule has 0 radical (unpaired) electrons. The molecule has 1 aliphatic carbocycles. The zero-order valence-corrected chi connectivity index (χ0v) is 15.4. The maximum Gasteiger partial charge on any atom is 0.239 e. The van der Waals surface area contributed by atoms with Gasteiger partial charge in [-0.25, -0.2) is 0 Å². The highest BCUT2D eigenvalue weighted by Gasteiger charge is 2.26. The lowest BCUT2D eigenvalue weighted by Crippen LogP contribution is -2.48. The van der Waals surface area contributed by atoms with Crippen LogP contribution in [0.25, 0.3) is 0 Å². The second-order valence-electron chi connectivity index (χ2n) is 7.17. The van der Waals surface area contributed by atoms with Crippen molar-refractivity contribution >= 4 is 22.2 Å². The number of hydrogen-bond acceptors (Lipinski definition) is 5. The second-order valence-corrected chi connectivity index (χ2v) is 8.27. The molecule has 1 fully saturated rings. The Morgan fingerprint density at radius 1 is 1.38 bits per heavy atom. The van der Waals surface area contributed by atoms with Crippen LogP contribution in [0, 0.1) is 17.2 Å². The third-order valence-corrected chi connectivity index (χ3v) is 5.91. The molecule has 1 saturated heterocycles. The molecule has 2 aliphatic rings. The number of fused-ring (bicyclic) bond motifs is 1. The summed E-state index contributed by atoms with van der Waals surface area (Å²) in [5.41, 5.74) is 1.84. The Kier molecular flexibility index (Phi) is 5.24. The lowest BCUT2D eigenvalue weighted by molar-refractivity contribution is -0.121. The Balaban J connectivity index is 1.67. The van der Waals surface area contributed by atoms with Gasteiger partial charge in [-0.05, 0) is 44.6 Å². The van der Waals surface area contributed by atoms with Gasteiger partial charge in [0.25, 0.3) is 0 Å². The lowest BCUT2D eigenvalue weighted by atomic mass is 9.89. The molecule has 1 aromatic heterocycles. The molecule has 1 amide bonds. The molecule has 0 saturated carbocycles. The van der Waals surface area contributed by atoms with Gasteiger partial charge in [0.05, 0.1) is 24.3 Å². The molecule has 24 heavy (non-hydrogen) atoms. The summed E-state index contributed by atoms with van der Waals surface area (Å²) in [6.45, 7) is 8.18. The van der Waals surface area contributed by atoms with E-state index >= 15 is 0 Å². The quantitative estimate of drug-likeness (QED) is 0.913. The zero-order valence-electron chi connectivity index (χ0n) is 14.6. The van der Waals surface area contributed by atoms with Gasteiger partial charge < -0.3 is 10.1 Å². The van der Waals surface area contributed by atoms with Crippen LogP contribution in [0.4, 0.5) is 5.00 Å². The number of hydrogen-bond donors (Lipinski definition) is 1. The number of nitrogens with zero attached hydrogens (tertiary/aromatic N) is 2. The zero-order chi connectivity index (χ0) is 17.3. The van der Waals surface area contributed by atoms with Gasteiger partial charge in [0.2, 0.25) is 5.91 Å². The molecule has 0 aromatic carbocycles. The molecule has 0 spiro atoms. The van der Waals surface area contributed by atoms with Crippen molar-refractivity contribution in [1.82, 2.24) is 4.90 Å². The predicted molar refractivity (Wildman–Crippen MR) is 95.3 cm³/mol. The van der Waals surface area contributed by atoms with Crippen molar-refractivity contribution in [3.05, 3.63) is 16.0 Å². The predicted octanol–water partition coefficient (Wildman–Crippen LogP) is 2.79. The van der Waals surface area contributed by atoms with Crippen LogP contribution in [-0.4, -0.2) is 42.6 Å². The molecule has 3 rings (SSSR count). The van der Waals surface area contributed by atoms with E-state index in [2.05, 4.69) is 23.2 Å². The fourth-order valence-electron chi connectivity index (χ4n) is 3.74. The average molecular weight is 347 g/mol. The maximum absolute atomic E-state index is 12.4. The summed E-state index contributed by atoms with van der Waals surface area (Å²) < 4.78 is 5.70. The molecule has 1 aromatic rings. The molecule has 0 bridgehead atoms. The molecule has 2 heterocycles. The van der Waals surface area contributed by atoms with Crippen LogP contribution >= 0.6 is 11.3 Å². The van der Waals surface area contributed by atoms with Gasteiger partial charge >= 0.3 is 0 Å². The normalized spacial score (nSPS) is 27.3. The lowest BCUT2D eigenvalue weighted by Gasteiger charge is -2.34. The van der Waals surface area contributed by atoms with E-state index in [4.69, 9.17) is 4.74 Å². The van der Waals surface area contributed by atoms with E-state index in [1.54, 1.807) is 11.3 Å². The maximum atomic E-state index is 12.4. The number of nitriles is 1. The highest BCUT2D eigenvalue weighted by molar-refractivity contribution is 7.16. The minimum Gasteiger partial charge on any atom is -0.373 e. The summed E-state index contributed by atoms with van der Waals surface area (Å²) in [5, 5.41) is 13.2. The van der Waals surface area contributed by atoms with Crippen LogP contribution in [0.3, 0.4) is 0 Å². The third kappa shape index (κ3) is 3.80. The fourth-order valence-corrected chi connectivity index (χ4v) is 5.12. The highest BCUT2D eigenvalue weighted by Crippen LogP contribution is 2.39. The second kappa shape index (κ2) is 7.22. The molecule has 130 valence electrons. The van der Waals surface area contributed by atoms with Crippen LogP contribution in [-0.2, 0) is 22.4 Å². The summed E-state index contributed by atoms with van der Waals surface area (Å²) in [7, 11) is 0. The Morgan fingerprint density at radius 2 is 2.08 bits per heavy atom. The molecule has 5 nitrogen and oxygen atoms in total. The monoisotopic (exact) mass is 347 g/mol. The fraction of sp³-hybridized carbons (Fsp3) is 0.667. The molecular weight excluding hydrogens is 322 g/mol. The van der Waals surface area contributed by atoms with Crippen molar-refractivity contribution in [3.63, 3.8) is 0 Å². The van der Waals surface area contributed by atoms with Gasteiger partial charge in [-0.15, -0.1) is 11.3 Å². The van der Waals surface area contributed by atoms with Crippen LogP contribution in [0.1, 0.15) is 43.2 Å². The number of nitrogens with one attached hydrogen (secondary N) is 1. The van der Waals surface area contributed by atoms with Crippen LogP contribution < -0.4 is 5.32 Å². The molecule has 0 unspecified atom stereocenters. The van der Waals surface area contributed by atoms with Gasteiger partial charge in [-0.3, -0.25) is 9.69 Å². The van der Waals surface area contributed by atoms with Gasteiger partial charge in [0, 0.05) is 18.0 Å². The van der Waals surface area contributed by atoms with Gasteiger partial charge in [0.15, 0.2) is 0 Å². The van der Waals surface area contributed by atoms with Gasteiger partial charge in [-0.1, -0.05) is 6.92 Å². The van der Waals surface area contributed by atoms with Gasteiger partial charge in [-0.2, -0.15) is 5.26 Å². The summed E-state index contributed by atoms with van der Waals surface area (Å²) >= 11 is 1.58. The van der Waals surface area contributed by atoms with E-state index in [9.17, 15) is 10.1 Å². The van der Waals surface area contributed by atoms with Crippen molar-refractivity contribution in [2.24, 2.45) is 5.92 Å². The smallest absolute Gasteiger partial charge is 0.239 e. The van der Waals surface area contributed by atoms with E-state index in [1.165, 1.54) is 4.88 Å². The topological polar surface area (TPSA) is 65.4 Å². The van der Waals surface area contributed by atoms with E-state index in [-0.39, 0.29) is 18.1 Å². The standard InChI is InChI=1S/C18H25N3O2S/c1-11-4-5-14-15(7-19)18(24-16(14)6-11)20-17(22)10-21-8-12(2)23-13(3)9-21/h11-13H,4-6,8-10H2,1-3H3,(H,20,22)/t11-,12-,13-/m0/s1. The van der Waals surface area contributed by atoms with Crippen LogP contribution in [0.15, 0.2) is 0 Å². The number of ether oxygens (including phenoxy) is 1. The van der Waals surface area contributed by atoms with Crippen LogP contribution in [0.5, 0.6) is 0 Å². The summed E-state index contributed by atoms with van der Waals surface area (Å²) in [6, 6.07) is 2.30. The van der Waals surface area contributed by atoms with Crippen LogP contribution in [0.2, 0.25) is 0 Å². The largest absolute Gasteiger partial charge is 0.373 e. The van der Waals surface area contributed by atoms with Crippen molar-refractivity contribution in [1.29, 1.82) is 5.26 Å². The van der Waals surface area contributed by atoms with Crippen molar-refractivity contribution < 1.29 is 9.53 Å². The molecule has 1 N–H and O–H groups in total. The van der Waals surface area contributed by atoms with Crippen molar-refractivity contribution in [2.45, 2.75) is 52.2 Å². The number of thiophene rings is 1. The summed E-state index contributed by atoms with van der Waals surface area (Å²) in [6.07, 6.45) is 3.38. The first-order valence-corrected chi connectivity index (χ1v) is 9.50. The summed E-state index contributed by atoms with van der Waals surface area (Å²) in [4.78, 5) is 15.8. The number of carbonyl (C=O) groups excluding carboxylic acids is 1. The first-order valence-electron chi connectivity index (χ1n) is 8.68. The first-order chi connectivity index (χ1) is 11.5. The number of morpholine rings is 1. The van der Waals surface area contributed by atoms with E-state index < -0.39 is 0 Å². The Morgan fingerprint density at radius 3 is 2.75 bits per heavy atom. The minimum atomic E-state index is -0.0422. The van der Waals surface area contributed by atoms with Gasteiger partial charge in [0.1, 0.15) is 11.1 Å². The average Bonchev–Trinajstić information content (AvgIpc) is 2.81. The highest BCUT2D eigenvalue weighted by atomic mass is 32.1. The van der Waals surface area contributed by atoms with Crippen molar-refractivity contribution in [2.75, 3.05) is 25.0 Å². The molecule has 6 heteroatoms. The number of carbonyl (C=O) groups is 1. The Labute approximate surface area is 147 Å². The van der Waals surface area contributed by atoms with E-state index in [1.807, 2.05) is 13.8 Å². The number of anilines is 1. The SMILES string of the molecule is C[C@H]1CCc2c(sc(NC(=O)CN3C[C@H](C)O[C@@H](C)C3)c2C#N)C1. The molecular formula is C18H25N3O2S. The number of rotatable bonds is 3. The molecule has 1 aliphatic heterocycles. The first kappa shape index (κ1) is 17.4. The molecule has 3 atom stereocenters. The van der Waals surface area contributed by atoms with E-state index in [0.29, 0.717) is 18.0 Å². The Hall–Kier alpha value is -1.42. The Bertz CT molecular complexity index is 654. The van der Waals surface area contributed by atoms with Crippen molar-refractivity contribution in [3.8, 4) is 6.07 Å². The minimum absolute atomic E-state index is 0.0422. The summed E-state index contributed by atoms with van der Waals surface area (Å²) in [5.74, 6) is 0.613. The third-order valence-electron chi connectivity index (χ3n) is 4.74.